The monoisotopic (exact) mass is 348 g/mol. The van der Waals surface area contributed by atoms with Crippen LogP contribution < -0.4 is 10.6 Å². The lowest BCUT2D eigenvalue weighted by atomic mass is 10.3. The minimum absolute atomic E-state index is 0.0541. The van der Waals surface area contributed by atoms with E-state index in [1.807, 2.05) is 6.07 Å². The first kappa shape index (κ1) is 13.9. The zero-order valence-electron chi connectivity index (χ0n) is 9.24. The maximum Gasteiger partial charge on any atom is 0.313 e. The average molecular weight is 348 g/mol. The lowest BCUT2D eigenvalue weighted by Gasteiger charge is -2.07. The number of anilines is 1. The summed E-state index contributed by atoms with van der Waals surface area (Å²) in [6.07, 6.45) is -0.676. The molecule has 0 fully saturated rings. The van der Waals surface area contributed by atoms with Crippen LogP contribution in [-0.4, -0.2) is 29.6 Å². The molecule has 1 aromatic rings. The van der Waals surface area contributed by atoms with Crippen LogP contribution >= 0.6 is 22.6 Å². The normalized spacial score (nSPS) is 11.7. The Morgan fingerprint density at radius 3 is 2.71 bits per heavy atom. The fraction of sp³-hybridized carbons (Fsp3) is 0.273. The molecule has 0 heterocycles. The lowest BCUT2D eigenvalue weighted by Crippen LogP contribution is -2.38. The van der Waals surface area contributed by atoms with Crippen LogP contribution in [0.1, 0.15) is 6.92 Å². The largest absolute Gasteiger partial charge is 0.392 e. The molecule has 1 rings (SSSR count). The molecule has 3 N–H and O–H groups in total. The summed E-state index contributed by atoms with van der Waals surface area (Å²) < 4.78 is 0.963. The van der Waals surface area contributed by atoms with Crippen LogP contribution in [0, 0.1) is 3.57 Å². The van der Waals surface area contributed by atoms with Crippen LogP contribution in [0.15, 0.2) is 24.3 Å². The van der Waals surface area contributed by atoms with Gasteiger partial charge in [-0.2, -0.15) is 0 Å². The van der Waals surface area contributed by atoms with E-state index in [-0.39, 0.29) is 6.54 Å². The summed E-state index contributed by atoms with van der Waals surface area (Å²) in [6.45, 7) is 1.58. The van der Waals surface area contributed by atoms with E-state index >= 15 is 0 Å². The summed E-state index contributed by atoms with van der Waals surface area (Å²) in [6, 6.07) is 7.11. The van der Waals surface area contributed by atoms with Crippen molar-refractivity contribution in [1.82, 2.24) is 5.32 Å². The van der Waals surface area contributed by atoms with Gasteiger partial charge >= 0.3 is 11.8 Å². The van der Waals surface area contributed by atoms with Crippen LogP contribution in [0.3, 0.4) is 0 Å². The van der Waals surface area contributed by atoms with Gasteiger partial charge in [-0.3, -0.25) is 9.59 Å². The van der Waals surface area contributed by atoms with Crippen LogP contribution in [0.2, 0.25) is 0 Å². The van der Waals surface area contributed by atoms with E-state index in [0.29, 0.717) is 5.69 Å². The number of amides is 2. The molecule has 1 unspecified atom stereocenters. The van der Waals surface area contributed by atoms with E-state index in [1.165, 1.54) is 6.92 Å². The van der Waals surface area contributed by atoms with Crippen molar-refractivity contribution >= 4 is 40.1 Å². The molecule has 1 atom stereocenters. The summed E-state index contributed by atoms with van der Waals surface area (Å²) in [5.74, 6) is -1.50. The lowest BCUT2D eigenvalue weighted by molar-refractivity contribution is -0.136. The molecular weight excluding hydrogens is 335 g/mol. The minimum Gasteiger partial charge on any atom is -0.392 e. The molecule has 92 valence electrons. The Hall–Kier alpha value is -1.15. The van der Waals surface area contributed by atoms with Crippen molar-refractivity contribution in [2.24, 2.45) is 0 Å². The fourth-order valence-corrected chi connectivity index (χ4v) is 1.62. The van der Waals surface area contributed by atoms with Gasteiger partial charge in [0.05, 0.1) is 6.10 Å². The summed E-state index contributed by atoms with van der Waals surface area (Å²) in [4.78, 5) is 22.7. The van der Waals surface area contributed by atoms with Crippen molar-refractivity contribution in [3.05, 3.63) is 27.8 Å². The smallest absolute Gasteiger partial charge is 0.313 e. The number of halogens is 1. The highest BCUT2D eigenvalue weighted by Crippen LogP contribution is 2.11. The Bertz CT molecular complexity index is 421. The SMILES string of the molecule is CC(O)CNC(=O)C(=O)Nc1cccc(I)c1. The topological polar surface area (TPSA) is 78.4 Å². The fourth-order valence-electron chi connectivity index (χ4n) is 1.07. The number of nitrogens with one attached hydrogen (secondary N) is 2. The first-order valence-corrected chi connectivity index (χ1v) is 6.09. The van der Waals surface area contributed by atoms with Crippen molar-refractivity contribution < 1.29 is 14.7 Å². The van der Waals surface area contributed by atoms with Crippen molar-refractivity contribution in [2.75, 3.05) is 11.9 Å². The first-order chi connectivity index (χ1) is 7.99. The van der Waals surface area contributed by atoms with E-state index in [2.05, 4.69) is 33.2 Å². The van der Waals surface area contributed by atoms with Gasteiger partial charge in [0.1, 0.15) is 0 Å². The third-order valence-corrected chi connectivity index (χ3v) is 2.52. The highest BCUT2D eigenvalue weighted by molar-refractivity contribution is 14.1. The molecule has 2 amide bonds. The number of hydrogen-bond donors (Lipinski definition) is 3. The number of aliphatic hydroxyl groups is 1. The Morgan fingerprint density at radius 2 is 2.12 bits per heavy atom. The molecule has 5 nitrogen and oxygen atoms in total. The molecule has 0 radical (unpaired) electrons. The number of hydrogen-bond acceptors (Lipinski definition) is 3. The van der Waals surface area contributed by atoms with Gasteiger partial charge in [-0.15, -0.1) is 0 Å². The van der Waals surface area contributed by atoms with E-state index in [4.69, 9.17) is 5.11 Å². The number of carbonyl (C=O) groups excluding carboxylic acids is 2. The molecule has 0 saturated carbocycles. The van der Waals surface area contributed by atoms with Crippen LogP contribution in [0.25, 0.3) is 0 Å². The van der Waals surface area contributed by atoms with Crippen molar-refractivity contribution in [3.63, 3.8) is 0 Å². The van der Waals surface area contributed by atoms with Gasteiger partial charge in [-0.25, -0.2) is 0 Å². The second kappa shape index (κ2) is 6.55. The van der Waals surface area contributed by atoms with Crippen molar-refractivity contribution in [2.45, 2.75) is 13.0 Å². The Morgan fingerprint density at radius 1 is 1.41 bits per heavy atom. The maximum atomic E-state index is 11.4. The number of aliphatic hydroxyl groups excluding tert-OH is 1. The van der Waals surface area contributed by atoms with Gasteiger partial charge in [0.2, 0.25) is 0 Å². The highest BCUT2D eigenvalue weighted by atomic mass is 127. The van der Waals surface area contributed by atoms with Crippen LogP contribution in [0.4, 0.5) is 5.69 Å². The molecule has 0 bridgehead atoms. The molecular formula is C11H13IN2O3. The summed E-state index contributed by atoms with van der Waals surface area (Å²) in [7, 11) is 0. The Labute approximate surface area is 113 Å². The van der Waals surface area contributed by atoms with E-state index in [9.17, 15) is 9.59 Å². The van der Waals surface area contributed by atoms with E-state index in [0.717, 1.165) is 3.57 Å². The third-order valence-electron chi connectivity index (χ3n) is 1.85. The zero-order chi connectivity index (χ0) is 12.8. The molecule has 0 aromatic heterocycles. The predicted molar refractivity (Wildman–Crippen MR) is 72.5 cm³/mol. The predicted octanol–water partition coefficient (Wildman–Crippen LogP) is 0.727. The second-order valence-corrected chi connectivity index (χ2v) is 4.77. The second-order valence-electron chi connectivity index (χ2n) is 3.52. The zero-order valence-corrected chi connectivity index (χ0v) is 11.4. The number of carbonyl (C=O) groups is 2. The van der Waals surface area contributed by atoms with Crippen molar-refractivity contribution in [1.29, 1.82) is 0 Å². The minimum atomic E-state index is -0.759. The van der Waals surface area contributed by atoms with E-state index < -0.39 is 17.9 Å². The summed E-state index contributed by atoms with van der Waals surface area (Å²) >= 11 is 2.11. The van der Waals surface area contributed by atoms with Gasteiger partial charge in [-0.05, 0) is 47.7 Å². The molecule has 6 heteroatoms. The summed E-state index contributed by atoms with van der Waals surface area (Å²) in [5.41, 5.74) is 0.564. The molecule has 0 saturated heterocycles. The molecule has 17 heavy (non-hydrogen) atoms. The quantitative estimate of drug-likeness (QED) is 0.557. The van der Waals surface area contributed by atoms with Gasteiger partial charge in [0.15, 0.2) is 0 Å². The molecule has 0 aliphatic carbocycles. The molecule has 0 spiro atoms. The Kier molecular flexibility index (Phi) is 5.36. The van der Waals surface area contributed by atoms with Gasteiger partial charge < -0.3 is 15.7 Å². The standard InChI is InChI=1S/C11H13IN2O3/c1-7(15)6-13-10(16)11(17)14-9-4-2-3-8(12)5-9/h2-5,7,15H,6H2,1H3,(H,13,16)(H,14,17). The third kappa shape index (κ3) is 5.14. The molecule has 0 aliphatic heterocycles. The maximum absolute atomic E-state index is 11.4. The molecule has 0 aliphatic rings. The molecule has 1 aromatic carbocycles. The Balaban J connectivity index is 2.51. The van der Waals surface area contributed by atoms with Crippen LogP contribution in [0.5, 0.6) is 0 Å². The van der Waals surface area contributed by atoms with Crippen LogP contribution in [-0.2, 0) is 9.59 Å². The highest BCUT2D eigenvalue weighted by Gasteiger charge is 2.13. The van der Waals surface area contributed by atoms with Gasteiger partial charge in [0.25, 0.3) is 0 Å². The van der Waals surface area contributed by atoms with Crippen molar-refractivity contribution in [3.8, 4) is 0 Å². The number of benzene rings is 1. The average Bonchev–Trinajstić information content (AvgIpc) is 2.25. The van der Waals surface area contributed by atoms with Gasteiger partial charge in [0, 0.05) is 15.8 Å². The first-order valence-electron chi connectivity index (χ1n) is 5.02. The van der Waals surface area contributed by atoms with Gasteiger partial charge in [-0.1, -0.05) is 6.07 Å². The summed E-state index contributed by atoms with van der Waals surface area (Å²) in [5, 5.41) is 13.7. The number of rotatable bonds is 3. The van der Waals surface area contributed by atoms with E-state index in [1.54, 1.807) is 18.2 Å².